The molecule has 1 unspecified atom stereocenters. The number of amides is 1. The van der Waals surface area contributed by atoms with Gasteiger partial charge in [-0.05, 0) is 68.5 Å². The summed E-state index contributed by atoms with van der Waals surface area (Å²) in [6, 6.07) is 14.4. The molecule has 1 N–H and O–H groups in total. The molecule has 0 aliphatic carbocycles. The van der Waals surface area contributed by atoms with E-state index >= 15 is 0 Å². The van der Waals surface area contributed by atoms with Gasteiger partial charge in [0.2, 0.25) is 0 Å². The summed E-state index contributed by atoms with van der Waals surface area (Å²) in [6.07, 6.45) is 2.02. The van der Waals surface area contributed by atoms with E-state index in [1.165, 1.54) is 18.5 Å². The molecule has 1 saturated heterocycles. The molecule has 2 aromatic carbocycles. The first-order chi connectivity index (χ1) is 12.5. The summed E-state index contributed by atoms with van der Waals surface area (Å²) in [5.41, 5.74) is 4.60. The van der Waals surface area contributed by atoms with Crippen molar-refractivity contribution in [3.05, 3.63) is 59.2 Å². The molecule has 0 spiro atoms. The molecule has 1 aliphatic heterocycles. The van der Waals surface area contributed by atoms with E-state index in [1.54, 1.807) is 6.92 Å². The number of carbonyl (C=O) groups excluding carboxylic acids is 1. The van der Waals surface area contributed by atoms with Crippen LogP contribution in [0.5, 0.6) is 5.75 Å². The Morgan fingerprint density at radius 2 is 1.81 bits per heavy atom. The van der Waals surface area contributed by atoms with Crippen molar-refractivity contribution >= 4 is 11.6 Å². The Bertz CT molecular complexity index is 749. The maximum Gasteiger partial charge on any atom is 0.261 e. The lowest BCUT2D eigenvalue weighted by molar-refractivity contribution is -0.127. The van der Waals surface area contributed by atoms with Crippen molar-refractivity contribution in [2.75, 3.05) is 18.0 Å². The largest absolute Gasteiger partial charge is 0.481 e. The minimum Gasteiger partial charge on any atom is -0.481 e. The highest BCUT2D eigenvalue weighted by atomic mass is 16.5. The molecule has 4 nitrogen and oxygen atoms in total. The van der Waals surface area contributed by atoms with Crippen LogP contribution >= 0.6 is 0 Å². The fourth-order valence-corrected chi connectivity index (χ4v) is 3.23. The molecule has 26 heavy (non-hydrogen) atoms. The SMILES string of the molecule is Cc1cccc(OC(C)C(=O)NCc2ccc(N3CCCC3)cc2)c1C. The van der Waals surface area contributed by atoms with Crippen LogP contribution in [0, 0.1) is 13.8 Å². The zero-order valence-corrected chi connectivity index (χ0v) is 15.9. The highest BCUT2D eigenvalue weighted by molar-refractivity contribution is 5.80. The van der Waals surface area contributed by atoms with Gasteiger partial charge in [0.15, 0.2) is 6.10 Å². The van der Waals surface area contributed by atoms with Gasteiger partial charge in [-0.25, -0.2) is 0 Å². The first-order valence-electron chi connectivity index (χ1n) is 9.39. The molecule has 1 aliphatic rings. The Hall–Kier alpha value is -2.49. The number of ether oxygens (including phenoxy) is 1. The van der Waals surface area contributed by atoms with Gasteiger partial charge in [0.1, 0.15) is 5.75 Å². The van der Waals surface area contributed by atoms with Gasteiger partial charge in [-0.1, -0.05) is 24.3 Å². The molecule has 1 atom stereocenters. The molecular weight excluding hydrogens is 324 g/mol. The van der Waals surface area contributed by atoms with E-state index in [4.69, 9.17) is 4.74 Å². The standard InChI is InChI=1S/C22H28N2O2/c1-16-7-6-8-21(17(16)2)26-18(3)22(25)23-15-19-9-11-20(12-10-19)24-13-4-5-14-24/h6-12,18H,4-5,13-15H2,1-3H3,(H,23,25). The minimum absolute atomic E-state index is 0.102. The summed E-state index contributed by atoms with van der Waals surface area (Å²) in [5.74, 6) is 0.664. The zero-order valence-electron chi connectivity index (χ0n) is 15.9. The molecule has 1 heterocycles. The van der Waals surface area contributed by atoms with Gasteiger partial charge >= 0.3 is 0 Å². The highest BCUT2D eigenvalue weighted by Crippen LogP contribution is 2.22. The van der Waals surface area contributed by atoms with E-state index in [0.29, 0.717) is 6.54 Å². The van der Waals surface area contributed by atoms with Crippen molar-refractivity contribution in [2.45, 2.75) is 46.3 Å². The lowest BCUT2D eigenvalue weighted by Gasteiger charge is -2.18. The van der Waals surface area contributed by atoms with Gasteiger partial charge in [-0.2, -0.15) is 0 Å². The average molecular weight is 352 g/mol. The molecule has 0 saturated carbocycles. The van der Waals surface area contributed by atoms with Crippen LogP contribution in [0.4, 0.5) is 5.69 Å². The summed E-state index contributed by atoms with van der Waals surface area (Å²) in [4.78, 5) is 14.8. The average Bonchev–Trinajstić information content (AvgIpc) is 3.18. The van der Waals surface area contributed by atoms with Gasteiger partial charge in [-0.15, -0.1) is 0 Å². The summed E-state index contributed by atoms with van der Waals surface area (Å²) in [6.45, 7) is 8.63. The first kappa shape index (κ1) is 18.3. The van der Waals surface area contributed by atoms with Gasteiger partial charge in [-0.3, -0.25) is 4.79 Å². The Morgan fingerprint density at radius 3 is 2.50 bits per heavy atom. The number of carbonyl (C=O) groups is 1. The highest BCUT2D eigenvalue weighted by Gasteiger charge is 2.16. The second kappa shape index (κ2) is 8.26. The monoisotopic (exact) mass is 352 g/mol. The van der Waals surface area contributed by atoms with E-state index in [9.17, 15) is 4.79 Å². The maximum atomic E-state index is 12.3. The number of rotatable bonds is 6. The lowest BCUT2D eigenvalue weighted by Crippen LogP contribution is -2.36. The van der Waals surface area contributed by atoms with E-state index in [2.05, 4.69) is 34.5 Å². The van der Waals surface area contributed by atoms with Crippen LogP contribution in [-0.4, -0.2) is 25.1 Å². The van der Waals surface area contributed by atoms with Gasteiger partial charge in [0, 0.05) is 25.3 Å². The van der Waals surface area contributed by atoms with Crippen molar-refractivity contribution in [3.8, 4) is 5.75 Å². The minimum atomic E-state index is -0.528. The molecule has 0 radical (unpaired) electrons. The van der Waals surface area contributed by atoms with Gasteiger partial charge in [0.05, 0.1) is 0 Å². The van der Waals surface area contributed by atoms with Crippen LogP contribution in [0.15, 0.2) is 42.5 Å². The Kier molecular flexibility index (Phi) is 5.82. The molecule has 1 fully saturated rings. The van der Waals surface area contributed by atoms with Crippen LogP contribution in [-0.2, 0) is 11.3 Å². The van der Waals surface area contributed by atoms with Crippen LogP contribution in [0.25, 0.3) is 0 Å². The number of aryl methyl sites for hydroxylation is 1. The van der Waals surface area contributed by atoms with Crippen molar-refractivity contribution < 1.29 is 9.53 Å². The number of anilines is 1. The summed E-state index contributed by atoms with van der Waals surface area (Å²) < 4.78 is 5.84. The third kappa shape index (κ3) is 4.37. The third-order valence-electron chi connectivity index (χ3n) is 5.10. The normalized spacial score (nSPS) is 15.0. The van der Waals surface area contributed by atoms with E-state index in [1.807, 2.05) is 32.0 Å². The van der Waals surface area contributed by atoms with Gasteiger partial charge in [0.25, 0.3) is 5.91 Å². The predicted molar refractivity (Wildman–Crippen MR) is 106 cm³/mol. The molecular formula is C22H28N2O2. The van der Waals surface area contributed by atoms with Crippen LogP contribution < -0.4 is 15.0 Å². The Morgan fingerprint density at radius 1 is 1.12 bits per heavy atom. The Labute approximate surface area is 156 Å². The molecule has 138 valence electrons. The van der Waals surface area contributed by atoms with Crippen molar-refractivity contribution in [2.24, 2.45) is 0 Å². The number of hydrogen-bond acceptors (Lipinski definition) is 3. The van der Waals surface area contributed by atoms with E-state index < -0.39 is 6.10 Å². The topological polar surface area (TPSA) is 41.6 Å². The molecule has 0 aromatic heterocycles. The quantitative estimate of drug-likeness (QED) is 0.855. The third-order valence-corrected chi connectivity index (χ3v) is 5.10. The van der Waals surface area contributed by atoms with E-state index in [-0.39, 0.29) is 5.91 Å². The lowest BCUT2D eigenvalue weighted by atomic mass is 10.1. The fourth-order valence-electron chi connectivity index (χ4n) is 3.23. The van der Waals surface area contributed by atoms with Crippen molar-refractivity contribution in [1.29, 1.82) is 0 Å². The van der Waals surface area contributed by atoms with Gasteiger partial charge < -0.3 is 15.0 Å². The molecule has 0 bridgehead atoms. The number of nitrogens with one attached hydrogen (secondary N) is 1. The molecule has 4 heteroatoms. The van der Waals surface area contributed by atoms with Crippen molar-refractivity contribution in [1.82, 2.24) is 5.32 Å². The molecule has 3 rings (SSSR count). The van der Waals surface area contributed by atoms with E-state index in [0.717, 1.165) is 35.5 Å². The number of benzene rings is 2. The smallest absolute Gasteiger partial charge is 0.261 e. The zero-order chi connectivity index (χ0) is 18.5. The second-order valence-electron chi connectivity index (χ2n) is 7.04. The predicted octanol–water partition coefficient (Wildman–Crippen LogP) is 3.99. The van der Waals surface area contributed by atoms with Crippen LogP contribution in [0.3, 0.4) is 0 Å². The summed E-state index contributed by atoms with van der Waals surface area (Å²) >= 11 is 0. The Balaban J connectivity index is 1.52. The van der Waals surface area contributed by atoms with Crippen LogP contribution in [0.2, 0.25) is 0 Å². The summed E-state index contributed by atoms with van der Waals surface area (Å²) in [5, 5.41) is 2.96. The first-order valence-corrected chi connectivity index (χ1v) is 9.39. The summed E-state index contributed by atoms with van der Waals surface area (Å²) in [7, 11) is 0. The van der Waals surface area contributed by atoms with Crippen molar-refractivity contribution in [3.63, 3.8) is 0 Å². The van der Waals surface area contributed by atoms with Crippen LogP contribution in [0.1, 0.15) is 36.5 Å². The molecule has 2 aromatic rings. The molecule has 1 amide bonds. The number of hydrogen-bond donors (Lipinski definition) is 1. The second-order valence-corrected chi connectivity index (χ2v) is 7.04. The fraction of sp³-hybridized carbons (Fsp3) is 0.409. The maximum absolute atomic E-state index is 12.3. The number of nitrogens with zero attached hydrogens (tertiary/aromatic N) is 1.